The standard InChI is InChI=1S/C56H34B2N4S3/c1-5-19-35(20-6-1)59-42-30-17-31-43-49(42)58(53-50(59)40-28-14-16-34-46(40)63-53)55-52(61(43)37-23-9-3-10-24-37)51-54(65-55)57-47-39-27-13-15-33-45(39)64-56(47)62(38-25-11-4-12-26-38)44-32-18-29-41(48(44)57)60(51)36-21-7-2-8-22-36/h1-34H. The van der Waals surface area contributed by atoms with Crippen molar-refractivity contribution in [2.24, 2.45) is 0 Å². The van der Waals surface area contributed by atoms with Crippen molar-refractivity contribution < 1.29 is 0 Å². The van der Waals surface area contributed by atoms with Gasteiger partial charge in [0, 0.05) is 74.6 Å². The lowest BCUT2D eigenvalue weighted by molar-refractivity contribution is 1.23. The van der Waals surface area contributed by atoms with E-state index in [0.29, 0.717) is 0 Å². The van der Waals surface area contributed by atoms with Crippen LogP contribution in [-0.2, 0) is 0 Å². The van der Waals surface area contributed by atoms with Crippen molar-refractivity contribution in [3.63, 3.8) is 0 Å². The molecule has 0 fully saturated rings. The highest BCUT2D eigenvalue weighted by atomic mass is 32.1. The summed E-state index contributed by atoms with van der Waals surface area (Å²) >= 11 is 5.93. The van der Waals surface area contributed by atoms with Gasteiger partial charge in [0.25, 0.3) is 13.4 Å². The number of anilines is 12. The summed E-state index contributed by atoms with van der Waals surface area (Å²) in [7, 11) is 0. The highest BCUT2D eigenvalue weighted by Crippen LogP contribution is 2.54. The molecule has 302 valence electrons. The Balaban J connectivity index is 1.10. The van der Waals surface area contributed by atoms with E-state index in [1.165, 1.54) is 107 Å². The summed E-state index contributed by atoms with van der Waals surface area (Å²) in [6, 6.07) is 76.3. The average Bonchev–Trinajstić information content (AvgIpc) is 4.07. The van der Waals surface area contributed by atoms with Gasteiger partial charge in [0.1, 0.15) is 0 Å². The van der Waals surface area contributed by atoms with E-state index in [4.69, 9.17) is 0 Å². The van der Waals surface area contributed by atoms with Crippen LogP contribution < -0.4 is 50.3 Å². The molecular formula is C56H34B2N4S3. The van der Waals surface area contributed by atoms with E-state index in [2.05, 4.69) is 226 Å². The molecule has 0 atom stereocenters. The van der Waals surface area contributed by atoms with E-state index < -0.39 is 0 Å². The molecule has 0 spiro atoms. The summed E-state index contributed by atoms with van der Waals surface area (Å²) < 4.78 is 6.80. The zero-order chi connectivity index (χ0) is 42.3. The third-order valence-electron chi connectivity index (χ3n) is 13.8. The summed E-state index contributed by atoms with van der Waals surface area (Å²) in [5.41, 5.74) is 17.5. The summed E-state index contributed by atoms with van der Waals surface area (Å²) in [6.07, 6.45) is 0. The van der Waals surface area contributed by atoms with Crippen LogP contribution in [0.2, 0.25) is 0 Å². The highest BCUT2D eigenvalue weighted by molar-refractivity contribution is 7.43. The number of rotatable bonds is 4. The molecule has 0 N–H and O–H groups in total. The van der Waals surface area contributed by atoms with Crippen molar-refractivity contribution in [2.45, 2.75) is 0 Å². The van der Waals surface area contributed by atoms with Crippen LogP contribution in [0.25, 0.3) is 20.2 Å². The molecule has 0 bridgehead atoms. The van der Waals surface area contributed by atoms with E-state index in [0.717, 1.165) is 11.4 Å². The summed E-state index contributed by atoms with van der Waals surface area (Å²) in [4.78, 5) is 10.3. The molecule has 3 aromatic heterocycles. The Morgan fingerprint density at radius 1 is 0.277 bits per heavy atom. The largest absolute Gasteiger partial charge is 0.310 e. The van der Waals surface area contributed by atoms with Gasteiger partial charge in [-0.1, -0.05) is 121 Å². The topological polar surface area (TPSA) is 13.0 Å². The fraction of sp³-hybridized carbons (Fsp3) is 0. The van der Waals surface area contributed by atoms with Gasteiger partial charge in [-0.05, 0) is 107 Å². The van der Waals surface area contributed by atoms with Crippen molar-refractivity contribution in [1.82, 2.24) is 0 Å². The van der Waals surface area contributed by atoms with Gasteiger partial charge in [-0.25, -0.2) is 0 Å². The molecule has 4 aliphatic rings. The number of benzene rings is 8. The SMILES string of the molecule is c1ccc(N2c3cccc4c3B(c3sc5c(c3N4c3ccccc3)N(c3ccccc3)c3cccc4c3B5c3sc5ccccc5c3N4c3ccccc3)c3c2sc2ccccc32)cc1. The van der Waals surface area contributed by atoms with Gasteiger partial charge in [0.15, 0.2) is 0 Å². The van der Waals surface area contributed by atoms with E-state index >= 15 is 0 Å². The van der Waals surface area contributed by atoms with Crippen LogP contribution in [-0.4, -0.2) is 13.4 Å². The lowest BCUT2D eigenvalue weighted by Gasteiger charge is -2.44. The van der Waals surface area contributed by atoms with Crippen LogP contribution in [0.15, 0.2) is 206 Å². The molecule has 0 radical (unpaired) electrons. The number of thiophene rings is 3. The first-order valence-corrected chi connectivity index (χ1v) is 24.6. The Hall–Kier alpha value is -7.29. The molecule has 65 heavy (non-hydrogen) atoms. The number of para-hydroxylation sites is 4. The second-order valence-corrected chi connectivity index (χ2v) is 20.3. The van der Waals surface area contributed by atoms with Crippen molar-refractivity contribution in [1.29, 1.82) is 0 Å². The zero-order valence-electron chi connectivity index (χ0n) is 34.8. The molecular weight excluding hydrogens is 846 g/mol. The van der Waals surface area contributed by atoms with E-state index in [-0.39, 0.29) is 13.4 Å². The number of fused-ring (bicyclic) bond motifs is 13. The molecule has 4 nitrogen and oxygen atoms in total. The quantitative estimate of drug-likeness (QED) is 0.163. The molecule has 0 amide bonds. The van der Waals surface area contributed by atoms with Gasteiger partial charge in [-0.2, -0.15) is 11.3 Å². The second-order valence-electron chi connectivity index (χ2n) is 17.1. The molecule has 4 aliphatic heterocycles. The Kier molecular flexibility index (Phi) is 7.56. The second kappa shape index (κ2) is 13.6. The first-order chi connectivity index (χ1) is 32.3. The van der Waals surface area contributed by atoms with E-state index in [9.17, 15) is 0 Å². The van der Waals surface area contributed by atoms with Crippen molar-refractivity contribution in [3.05, 3.63) is 206 Å². The highest BCUT2D eigenvalue weighted by Gasteiger charge is 2.53. The molecule has 0 saturated heterocycles. The van der Waals surface area contributed by atoms with Crippen LogP contribution in [0.1, 0.15) is 0 Å². The molecule has 0 aliphatic carbocycles. The van der Waals surface area contributed by atoms with Crippen molar-refractivity contribution in [2.75, 3.05) is 19.6 Å². The Labute approximate surface area is 389 Å². The average molecular weight is 881 g/mol. The smallest absolute Gasteiger partial charge is 0.277 e. The minimum atomic E-state index is 0.00404. The monoisotopic (exact) mass is 880 g/mol. The molecule has 15 rings (SSSR count). The minimum Gasteiger partial charge on any atom is -0.310 e. The van der Waals surface area contributed by atoms with Gasteiger partial charge in [0.05, 0.1) is 22.1 Å². The van der Waals surface area contributed by atoms with E-state index in [1.54, 1.807) is 0 Å². The molecule has 7 heterocycles. The van der Waals surface area contributed by atoms with Crippen LogP contribution in [0.5, 0.6) is 0 Å². The Bertz CT molecular complexity index is 3720. The maximum absolute atomic E-state index is 2.61. The van der Waals surface area contributed by atoms with Gasteiger partial charge >= 0.3 is 0 Å². The zero-order valence-corrected chi connectivity index (χ0v) is 37.2. The van der Waals surface area contributed by atoms with Gasteiger partial charge in [-0.3, -0.25) is 0 Å². The summed E-state index contributed by atoms with van der Waals surface area (Å²) in [5, 5.41) is 3.93. The first kappa shape index (κ1) is 36.1. The summed E-state index contributed by atoms with van der Waals surface area (Å²) in [5.74, 6) is 0. The fourth-order valence-electron chi connectivity index (χ4n) is 11.3. The lowest BCUT2D eigenvalue weighted by Crippen LogP contribution is -2.60. The number of nitrogens with zero attached hydrogens (tertiary/aromatic N) is 4. The normalized spacial score (nSPS) is 14.0. The fourth-order valence-corrected chi connectivity index (χ4v) is 15.5. The number of hydrogen-bond acceptors (Lipinski definition) is 7. The molecule has 0 saturated carbocycles. The Morgan fingerprint density at radius 2 is 0.662 bits per heavy atom. The maximum atomic E-state index is 2.61. The first-order valence-electron chi connectivity index (χ1n) is 22.2. The van der Waals surface area contributed by atoms with Crippen LogP contribution >= 0.6 is 34.0 Å². The predicted octanol–water partition coefficient (Wildman–Crippen LogP) is 12.3. The van der Waals surface area contributed by atoms with Crippen LogP contribution in [0.3, 0.4) is 0 Å². The Morgan fingerprint density at radius 3 is 1.20 bits per heavy atom. The minimum absolute atomic E-state index is 0.00404. The van der Waals surface area contributed by atoms with Gasteiger partial charge < -0.3 is 19.6 Å². The van der Waals surface area contributed by atoms with Gasteiger partial charge in [0.2, 0.25) is 0 Å². The van der Waals surface area contributed by atoms with Crippen molar-refractivity contribution >= 4 is 166 Å². The van der Waals surface area contributed by atoms with Crippen molar-refractivity contribution in [3.8, 4) is 0 Å². The lowest BCUT2D eigenvalue weighted by atomic mass is 9.36. The number of hydrogen-bond donors (Lipinski definition) is 0. The van der Waals surface area contributed by atoms with Gasteiger partial charge in [-0.15, -0.1) is 22.7 Å². The summed E-state index contributed by atoms with van der Waals surface area (Å²) in [6.45, 7) is 0.0202. The molecule has 0 unspecified atom stereocenters. The molecule has 11 aromatic rings. The maximum Gasteiger partial charge on any atom is 0.277 e. The third kappa shape index (κ3) is 4.87. The predicted molar refractivity (Wildman–Crippen MR) is 283 cm³/mol. The molecule has 9 heteroatoms. The molecule has 8 aromatic carbocycles. The van der Waals surface area contributed by atoms with Crippen LogP contribution in [0.4, 0.5) is 67.6 Å². The third-order valence-corrected chi connectivity index (χ3v) is 17.5. The van der Waals surface area contributed by atoms with E-state index in [1.807, 2.05) is 34.0 Å². The van der Waals surface area contributed by atoms with Crippen LogP contribution in [0, 0.1) is 0 Å².